The minimum atomic E-state index is -0.433. The third kappa shape index (κ3) is 5.42. The van der Waals surface area contributed by atoms with Gasteiger partial charge >= 0.3 is 0 Å². The number of halogens is 4. The second kappa shape index (κ2) is 9.01. The highest BCUT2D eigenvalue weighted by Crippen LogP contribution is 2.20. The minimum absolute atomic E-state index is 0.242. The number of hydrogen-bond donors (Lipinski definition) is 1. The Morgan fingerprint density at radius 1 is 1.19 bits per heavy atom. The minimum Gasteiger partial charge on any atom is -0.266 e. The van der Waals surface area contributed by atoms with Gasteiger partial charge in [-0.05, 0) is 45.8 Å². The average molecular weight is 531 g/mol. The summed E-state index contributed by atoms with van der Waals surface area (Å²) in [5.74, 6) is -0.433. The Morgan fingerprint density at radius 3 is 2.63 bits per heavy atom. The van der Waals surface area contributed by atoms with Crippen LogP contribution in [0.3, 0.4) is 0 Å². The largest absolute Gasteiger partial charge is 0.293 e. The Bertz CT molecular complexity index is 1000. The predicted octanol–water partition coefficient (Wildman–Crippen LogP) is 5.53. The number of nitrogens with one attached hydrogen (secondary N) is 1. The number of nitrogens with zero attached hydrogens (tertiary/aromatic N) is 3. The van der Waals surface area contributed by atoms with Crippen LogP contribution in [0.5, 0.6) is 0 Å². The number of rotatable bonds is 5. The fraction of sp³-hybridized carbons (Fsp3) is 0.0556. The van der Waals surface area contributed by atoms with Gasteiger partial charge in [0.05, 0.1) is 22.3 Å². The molecule has 1 N–H and O–H groups in total. The van der Waals surface area contributed by atoms with Crippen molar-refractivity contribution in [2.45, 2.75) is 6.54 Å². The quantitative estimate of drug-likeness (QED) is 0.348. The lowest BCUT2D eigenvalue weighted by Crippen LogP contribution is -2.19. The molecule has 0 fully saturated rings. The molecule has 2 aromatic carbocycles. The molecule has 5 nitrogen and oxygen atoms in total. The predicted molar refractivity (Wildman–Crippen MR) is 115 cm³/mol. The standard InChI is InChI=1S/C18H12Br2Cl2N4O/c19-13-4-1-11(2-5-13)9-26-10-15(20)17(25-26)18(27)24-23-8-12-3-6-14(21)7-16(12)22/h1-8,10H,9H2,(H,24,27). The summed E-state index contributed by atoms with van der Waals surface area (Å²) in [6, 6.07) is 12.9. The smallest absolute Gasteiger partial charge is 0.266 e. The van der Waals surface area contributed by atoms with E-state index in [1.807, 2.05) is 24.3 Å². The first-order valence-electron chi connectivity index (χ1n) is 7.68. The van der Waals surface area contributed by atoms with Crippen LogP contribution in [0.2, 0.25) is 10.0 Å². The third-order valence-electron chi connectivity index (χ3n) is 3.52. The van der Waals surface area contributed by atoms with E-state index >= 15 is 0 Å². The Labute approximate surface area is 182 Å². The van der Waals surface area contributed by atoms with Gasteiger partial charge in [-0.3, -0.25) is 9.48 Å². The van der Waals surface area contributed by atoms with Crippen molar-refractivity contribution in [2.24, 2.45) is 5.10 Å². The Hall–Kier alpha value is -1.67. The molecule has 3 rings (SSSR count). The zero-order valence-corrected chi connectivity index (χ0v) is 18.3. The van der Waals surface area contributed by atoms with Gasteiger partial charge in [0, 0.05) is 21.3 Å². The molecule has 0 saturated carbocycles. The summed E-state index contributed by atoms with van der Waals surface area (Å²) >= 11 is 18.7. The van der Waals surface area contributed by atoms with Crippen LogP contribution in [0.4, 0.5) is 0 Å². The van der Waals surface area contributed by atoms with Crippen molar-refractivity contribution >= 4 is 67.2 Å². The Balaban J connectivity index is 1.67. The lowest BCUT2D eigenvalue weighted by molar-refractivity contribution is 0.0948. The van der Waals surface area contributed by atoms with E-state index in [1.165, 1.54) is 6.21 Å². The van der Waals surface area contributed by atoms with E-state index < -0.39 is 5.91 Å². The van der Waals surface area contributed by atoms with Gasteiger partial charge in [0.25, 0.3) is 5.91 Å². The molecule has 0 aliphatic rings. The molecule has 0 aliphatic heterocycles. The molecule has 0 aliphatic carbocycles. The number of hydrogen-bond acceptors (Lipinski definition) is 3. The average Bonchev–Trinajstić information content (AvgIpc) is 2.99. The van der Waals surface area contributed by atoms with Crippen LogP contribution in [-0.2, 0) is 6.54 Å². The van der Waals surface area contributed by atoms with Crippen LogP contribution in [0, 0.1) is 0 Å². The van der Waals surface area contributed by atoms with Crippen molar-refractivity contribution in [3.8, 4) is 0 Å². The summed E-state index contributed by atoms with van der Waals surface area (Å²) in [6.45, 7) is 0.544. The number of hydrazone groups is 1. The number of amides is 1. The molecule has 9 heteroatoms. The van der Waals surface area contributed by atoms with E-state index in [-0.39, 0.29) is 5.69 Å². The zero-order chi connectivity index (χ0) is 19.4. The van der Waals surface area contributed by atoms with Gasteiger partial charge in [-0.15, -0.1) is 0 Å². The Kier molecular flexibility index (Phi) is 6.70. The second-order valence-electron chi connectivity index (χ2n) is 5.51. The first-order valence-corrected chi connectivity index (χ1v) is 10.0. The summed E-state index contributed by atoms with van der Waals surface area (Å²) < 4.78 is 3.27. The maximum Gasteiger partial charge on any atom is 0.293 e. The van der Waals surface area contributed by atoms with Crippen molar-refractivity contribution in [3.05, 3.63) is 84.5 Å². The fourth-order valence-corrected chi connectivity index (χ4v) is 3.45. The molecular weight excluding hydrogens is 519 g/mol. The summed E-state index contributed by atoms with van der Waals surface area (Å²) in [5.41, 5.74) is 4.39. The molecule has 1 heterocycles. The second-order valence-corrected chi connectivity index (χ2v) is 8.13. The van der Waals surface area contributed by atoms with Gasteiger partial charge in [-0.25, -0.2) is 5.43 Å². The van der Waals surface area contributed by atoms with Crippen LogP contribution in [0.15, 0.2) is 62.7 Å². The summed E-state index contributed by atoms with van der Waals surface area (Å²) in [5, 5.41) is 9.21. The number of benzene rings is 2. The van der Waals surface area contributed by atoms with E-state index in [0.717, 1.165) is 10.0 Å². The normalized spacial score (nSPS) is 11.1. The lowest BCUT2D eigenvalue weighted by Gasteiger charge is -2.02. The zero-order valence-electron chi connectivity index (χ0n) is 13.7. The summed E-state index contributed by atoms with van der Waals surface area (Å²) in [7, 11) is 0. The van der Waals surface area contributed by atoms with Crippen molar-refractivity contribution in [2.75, 3.05) is 0 Å². The molecule has 0 bridgehead atoms. The molecule has 0 atom stereocenters. The van der Waals surface area contributed by atoms with Gasteiger partial charge in [0.1, 0.15) is 0 Å². The van der Waals surface area contributed by atoms with E-state index in [4.69, 9.17) is 23.2 Å². The monoisotopic (exact) mass is 528 g/mol. The van der Waals surface area contributed by atoms with Crippen molar-refractivity contribution in [1.29, 1.82) is 0 Å². The highest BCUT2D eigenvalue weighted by Gasteiger charge is 2.15. The van der Waals surface area contributed by atoms with E-state index in [2.05, 4.69) is 47.5 Å². The highest BCUT2D eigenvalue weighted by molar-refractivity contribution is 9.10. The first kappa shape index (κ1) is 20.1. The molecular formula is C18H12Br2Cl2N4O. The van der Waals surface area contributed by atoms with Crippen LogP contribution in [-0.4, -0.2) is 21.9 Å². The molecule has 1 aromatic heterocycles. The van der Waals surface area contributed by atoms with Crippen molar-refractivity contribution < 1.29 is 4.79 Å². The summed E-state index contributed by atoms with van der Waals surface area (Å²) in [4.78, 5) is 12.3. The maximum absolute atomic E-state index is 12.3. The van der Waals surface area contributed by atoms with Crippen LogP contribution < -0.4 is 5.43 Å². The van der Waals surface area contributed by atoms with Crippen LogP contribution in [0.25, 0.3) is 0 Å². The molecule has 3 aromatic rings. The highest BCUT2D eigenvalue weighted by atomic mass is 79.9. The van der Waals surface area contributed by atoms with Crippen molar-refractivity contribution in [1.82, 2.24) is 15.2 Å². The molecule has 0 unspecified atom stereocenters. The van der Waals surface area contributed by atoms with Gasteiger partial charge in [0.15, 0.2) is 5.69 Å². The molecule has 138 valence electrons. The fourth-order valence-electron chi connectivity index (χ4n) is 2.23. The first-order chi connectivity index (χ1) is 12.9. The SMILES string of the molecule is O=C(NN=Cc1ccc(Cl)cc1Cl)c1nn(Cc2ccc(Br)cc2)cc1Br. The maximum atomic E-state index is 12.3. The van der Waals surface area contributed by atoms with E-state index in [0.29, 0.717) is 26.6 Å². The third-order valence-corrected chi connectivity index (χ3v) is 5.19. The van der Waals surface area contributed by atoms with Crippen LogP contribution >= 0.6 is 55.1 Å². The number of carbonyl (C=O) groups excluding carboxylic acids is 1. The van der Waals surface area contributed by atoms with E-state index in [9.17, 15) is 4.79 Å². The summed E-state index contributed by atoms with van der Waals surface area (Å²) in [6.07, 6.45) is 3.19. The number of aromatic nitrogens is 2. The molecule has 1 amide bonds. The van der Waals surface area contributed by atoms with Gasteiger partial charge < -0.3 is 0 Å². The van der Waals surface area contributed by atoms with Crippen molar-refractivity contribution in [3.63, 3.8) is 0 Å². The number of carbonyl (C=O) groups is 1. The van der Waals surface area contributed by atoms with Gasteiger partial charge in [-0.2, -0.15) is 10.2 Å². The Morgan fingerprint density at radius 2 is 1.93 bits per heavy atom. The topological polar surface area (TPSA) is 59.3 Å². The van der Waals surface area contributed by atoms with Gasteiger partial charge in [0.2, 0.25) is 0 Å². The molecule has 0 saturated heterocycles. The molecule has 0 spiro atoms. The molecule has 0 radical (unpaired) electrons. The van der Waals surface area contributed by atoms with Gasteiger partial charge in [-0.1, -0.05) is 57.3 Å². The lowest BCUT2D eigenvalue weighted by atomic mass is 10.2. The van der Waals surface area contributed by atoms with Crippen LogP contribution in [0.1, 0.15) is 21.6 Å². The van der Waals surface area contributed by atoms with E-state index in [1.54, 1.807) is 29.1 Å². The molecule has 27 heavy (non-hydrogen) atoms.